The first-order valence-electron chi connectivity index (χ1n) is 4.57. The lowest BCUT2D eigenvalue weighted by Crippen LogP contribution is -1.99. The second-order valence-corrected chi connectivity index (χ2v) is 4.81. The van der Waals surface area contributed by atoms with E-state index in [4.69, 9.17) is 23.2 Å². The predicted octanol–water partition coefficient (Wildman–Crippen LogP) is 4.57. The van der Waals surface area contributed by atoms with Crippen LogP contribution < -0.4 is 5.32 Å². The van der Waals surface area contributed by atoms with Gasteiger partial charge in [-0.2, -0.15) is 4.98 Å². The van der Waals surface area contributed by atoms with Crippen molar-refractivity contribution in [3.05, 3.63) is 44.7 Å². The molecule has 0 atom stereocenters. The van der Waals surface area contributed by atoms with Crippen molar-refractivity contribution in [1.29, 1.82) is 0 Å². The molecule has 0 bridgehead atoms. The van der Waals surface area contributed by atoms with E-state index >= 15 is 0 Å². The molecule has 3 nitrogen and oxygen atoms in total. The van der Waals surface area contributed by atoms with Gasteiger partial charge >= 0.3 is 0 Å². The summed E-state index contributed by atoms with van der Waals surface area (Å²) in [5.74, 6) is -1.35. The number of halogens is 5. The van der Waals surface area contributed by atoms with E-state index in [1.165, 1.54) is 12.3 Å². The van der Waals surface area contributed by atoms with Gasteiger partial charge in [0.1, 0.15) is 16.7 Å². The lowest BCUT2D eigenvalue weighted by atomic mass is 10.3. The quantitative estimate of drug-likeness (QED) is 0.634. The second kappa shape index (κ2) is 5.34. The molecule has 1 heterocycles. The fourth-order valence-electron chi connectivity index (χ4n) is 1.18. The number of nitrogens with zero attached hydrogens (tertiary/aromatic N) is 2. The zero-order valence-electron chi connectivity index (χ0n) is 8.52. The van der Waals surface area contributed by atoms with Crippen LogP contribution in [0.15, 0.2) is 22.8 Å². The Morgan fingerprint density at radius 2 is 1.89 bits per heavy atom. The highest BCUT2D eigenvalue weighted by molar-refractivity contribution is 9.10. The Balaban J connectivity index is 2.40. The van der Waals surface area contributed by atoms with E-state index in [1.54, 1.807) is 0 Å². The van der Waals surface area contributed by atoms with Crippen LogP contribution in [0, 0.1) is 11.6 Å². The largest absolute Gasteiger partial charge is 0.336 e. The topological polar surface area (TPSA) is 37.8 Å². The zero-order chi connectivity index (χ0) is 13.3. The summed E-state index contributed by atoms with van der Waals surface area (Å²) in [6.45, 7) is 0. The van der Waals surface area contributed by atoms with Gasteiger partial charge in [-0.3, -0.25) is 0 Å². The maximum atomic E-state index is 13.5. The minimum Gasteiger partial charge on any atom is -0.336 e. The van der Waals surface area contributed by atoms with Gasteiger partial charge in [-0.1, -0.05) is 11.6 Å². The van der Waals surface area contributed by atoms with E-state index < -0.39 is 11.6 Å². The molecule has 94 valence electrons. The molecule has 1 aromatic carbocycles. The highest BCUT2D eigenvalue weighted by Crippen LogP contribution is 2.28. The molecule has 0 spiro atoms. The van der Waals surface area contributed by atoms with Gasteiger partial charge in [0.2, 0.25) is 5.28 Å². The van der Waals surface area contributed by atoms with Gasteiger partial charge < -0.3 is 5.32 Å². The molecule has 0 saturated carbocycles. The summed E-state index contributed by atoms with van der Waals surface area (Å²) in [5, 5.41) is 2.74. The first-order chi connectivity index (χ1) is 8.47. The average molecular weight is 355 g/mol. The lowest BCUT2D eigenvalue weighted by molar-refractivity contribution is 0.581. The molecule has 2 aromatic rings. The smallest absolute Gasteiger partial charge is 0.224 e. The fraction of sp³-hybridized carbons (Fsp3) is 0. The van der Waals surface area contributed by atoms with Crippen LogP contribution >= 0.6 is 39.1 Å². The van der Waals surface area contributed by atoms with Gasteiger partial charge in [0.15, 0.2) is 5.82 Å². The van der Waals surface area contributed by atoms with Crippen molar-refractivity contribution in [3.8, 4) is 0 Å². The fourth-order valence-corrected chi connectivity index (χ4v) is 1.79. The molecule has 8 heteroatoms. The predicted molar refractivity (Wildman–Crippen MR) is 69.4 cm³/mol. The number of benzene rings is 1. The van der Waals surface area contributed by atoms with Crippen LogP contribution in [0.1, 0.15) is 0 Å². The molecule has 1 aromatic heterocycles. The van der Waals surface area contributed by atoms with Crippen molar-refractivity contribution in [2.75, 3.05) is 5.32 Å². The SMILES string of the molecule is Fc1cc(F)c(Nc2nc(Cl)ncc2Cl)cc1Br. The van der Waals surface area contributed by atoms with Crippen LogP contribution in [0.3, 0.4) is 0 Å². The summed E-state index contributed by atoms with van der Waals surface area (Å²) in [4.78, 5) is 7.45. The monoisotopic (exact) mass is 353 g/mol. The van der Waals surface area contributed by atoms with E-state index in [2.05, 4.69) is 31.2 Å². The van der Waals surface area contributed by atoms with E-state index in [1.807, 2.05) is 0 Å². The van der Waals surface area contributed by atoms with Crippen molar-refractivity contribution in [2.24, 2.45) is 0 Å². The zero-order valence-corrected chi connectivity index (χ0v) is 11.6. The molecule has 0 radical (unpaired) electrons. The standard InChI is InChI=1S/C10H4BrCl2F2N3/c11-4-1-8(7(15)2-6(4)14)17-9-5(12)3-16-10(13)18-9/h1-3H,(H,16,17,18). The van der Waals surface area contributed by atoms with E-state index in [-0.39, 0.29) is 26.3 Å². The molecule has 0 amide bonds. The van der Waals surface area contributed by atoms with Gasteiger partial charge in [0.25, 0.3) is 0 Å². The second-order valence-electron chi connectivity index (χ2n) is 3.21. The van der Waals surface area contributed by atoms with E-state index in [0.717, 1.165) is 6.07 Å². The number of rotatable bonds is 2. The molecular formula is C10H4BrCl2F2N3. The van der Waals surface area contributed by atoms with Gasteiger partial charge in [0.05, 0.1) is 16.4 Å². The molecule has 0 aliphatic rings. The summed E-state index contributed by atoms with van der Waals surface area (Å²) in [7, 11) is 0. The Kier molecular flexibility index (Phi) is 3.99. The van der Waals surface area contributed by atoms with E-state index in [9.17, 15) is 8.78 Å². The first kappa shape index (κ1) is 13.5. The average Bonchev–Trinajstić information content (AvgIpc) is 2.30. The normalized spacial score (nSPS) is 10.5. The third kappa shape index (κ3) is 2.88. The Bertz CT molecular complexity index is 610. The molecular weight excluding hydrogens is 351 g/mol. The van der Waals surface area contributed by atoms with Crippen LogP contribution in [0.2, 0.25) is 10.3 Å². The van der Waals surface area contributed by atoms with Crippen LogP contribution in [0.4, 0.5) is 20.3 Å². The molecule has 0 fully saturated rings. The summed E-state index contributed by atoms with van der Waals surface area (Å²) in [6, 6.07) is 1.97. The minimum absolute atomic E-state index is 0.0138. The van der Waals surface area contributed by atoms with Crippen LogP contribution in [-0.2, 0) is 0 Å². The Morgan fingerprint density at radius 3 is 2.61 bits per heavy atom. The van der Waals surface area contributed by atoms with Crippen molar-refractivity contribution in [1.82, 2.24) is 9.97 Å². The number of hydrogen-bond donors (Lipinski definition) is 1. The summed E-state index contributed by atoms with van der Waals surface area (Å²) in [6.07, 6.45) is 1.27. The molecule has 0 aliphatic carbocycles. The highest BCUT2D eigenvalue weighted by atomic mass is 79.9. The van der Waals surface area contributed by atoms with Gasteiger partial charge in [-0.05, 0) is 33.6 Å². The first-order valence-corrected chi connectivity index (χ1v) is 6.12. The van der Waals surface area contributed by atoms with Crippen molar-refractivity contribution in [2.45, 2.75) is 0 Å². The van der Waals surface area contributed by atoms with Crippen molar-refractivity contribution in [3.63, 3.8) is 0 Å². The number of nitrogens with one attached hydrogen (secondary N) is 1. The summed E-state index contributed by atoms with van der Waals surface area (Å²) in [5.41, 5.74) is 0.0138. The van der Waals surface area contributed by atoms with Crippen LogP contribution in [-0.4, -0.2) is 9.97 Å². The van der Waals surface area contributed by atoms with Crippen LogP contribution in [0.25, 0.3) is 0 Å². The van der Waals surface area contributed by atoms with Gasteiger partial charge in [-0.15, -0.1) is 0 Å². The van der Waals surface area contributed by atoms with E-state index in [0.29, 0.717) is 0 Å². The summed E-state index contributed by atoms with van der Waals surface area (Å²) >= 11 is 14.4. The molecule has 18 heavy (non-hydrogen) atoms. The lowest BCUT2D eigenvalue weighted by Gasteiger charge is -2.09. The molecule has 0 aliphatic heterocycles. The maximum absolute atomic E-state index is 13.5. The number of anilines is 2. The minimum atomic E-state index is -0.776. The molecule has 0 saturated heterocycles. The molecule has 2 rings (SSSR count). The molecule has 1 N–H and O–H groups in total. The number of hydrogen-bond acceptors (Lipinski definition) is 3. The Labute approximate surface area is 119 Å². The Hall–Kier alpha value is -0.980. The van der Waals surface area contributed by atoms with Crippen molar-refractivity contribution >= 4 is 50.6 Å². The third-order valence-corrected chi connectivity index (χ3v) is 3.04. The van der Waals surface area contributed by atoms with Gasteiger partial charge in [0, 0.05) is 6.07 Å². The van der Waals surface area contributed by atoms with Crippen LogP contribution in [0.5, 0.6) is 0 Å². The van der Waals surface area contributed by atoms with Gasteiger partial charge in [-0.25, -0.2) is 13.8 Å². The molecule has 0 unspecified atom stereocenters. The Morgan fingerprint density at radius 1 is 1.17 bits per heavy atom. The third-order valence-electron chi connectivity index (χ3n) is 1.98. The summed E-state index contributed by atoms with van der Waals surface area (Å²) < 4.78 is 26.7. The number of aromatic nitrogens is 2. The maximum Gasteiger partial charge on any atom is 0.224 e. The van der Waals surface area contributed by atoms with Crippen molar-refractivity contribution < 1.29 is 8.78 Å². The highest BCUT2D eigenvalue weighted by Gasteiger charge is 2.11.